The van der Waals surface area contributed by atoms with Crippen LogP contribution in [0.1, 0.15) is 206 Å². The summed E-state index contributed by atoms with van der Waals surface area (Å²) in [6.45, 7) is 4.42. The number of hydrogen-bond donors (Lipinski definition) is 0. The van der Waals surface area contributed by atoms with E-state index in [0.29, 0.717) is 23.9 Å². The van der Waals surface area contributed by atoms with Crippen molar-refractivity contribution in [2.24, 2.45) is 0 Å². The Labute approximate surface area is 519 Å². The molecule has 0 N–H and O–H groups in total. The van der Waals surface area contributed by atoms with Crippen LogP contribution in [0.15, 0.2) is 194 Å². The van der Waals surface area contributed by atoms with Crippen LogP contribution in [-0.2, 0) is 33.3 Å². The van der Waals surface area contributed by atoms with E-state index in [4.69, 9.17) is 18.9 Å². The number of unbranched alkanes of at least 4 members (excludes halogenated alkanes) is 10. The van der Waals surface area contributed by atoms with Gasteiger partial charge in [0.15, 0.2) is 12.4 Å². The average Bonchev–Trinajstić information content (AvgIpc) is 3.49. The molecule has 0 bridgehead atoms. The summed E-state index contributed by atoms with van der Waals surface area (Å²) in [5.74, 6) is -2.38. The second-order valence-electron chi connectivity index (χ2n) is 21.9. The number of quaternary nitrogens is 1. The molecule has 0 aliphatic carbocycles. The Bertz CT molecular complexity index is 2090. The summed E-state index contributed by atoms with van der Waals surface area (Å²) in [4.78, 5) is 37.4. The normalized spacial score (nSPS) is 14.0. The number of ether oxygens (including phenoxy) is 4. The molecule has 0 aliphatic rings. The fourth-order valence-corrected chi connectivity index (χ4v) is 7.92. The number of carbonyl (C=O) groups excluding carboxylic acids is 3. The van der Waals surface area contributed by atoms with E-state index in [2.05, 4.69) is 208 Å². The number of likely N-dealkylation sites (N-methyl/N-ethyl adjacent to an activating group) is 1. The van der Waals surface area contributed by atoms with Crippen LogP contribution in [0, 0.1) is 0 Å². The molecule has 0 saturated carbocycles. The second kappa shape index (κ2) is 64.1. The second-order valence-corrected chi connectivity index (χ2v) is 21.9. The van der Waals surface area contributed by atoms with Crippen molar-refractivity contribution in [1.82, 2.24) is 0 Å². The van der Waals surface area contributed by atoms with Gasteiger partial charge in [-0.15, -0.1) is 0 Å². The van der Waals surface area contributed by atoms with Crippen molar-refractivity contribution in [3.8, 4) is 0 Å². The Morgan fingerprint density at radius 2 is 0.635 bits per heavy atom. The van der Waals surface area contributed by atoms with Crippen molar-refractivity contribution in [3.63, 3.8) is 0 Å². The first-order valence-electron chi connectivity index (χ1n) is 32.6. The first-order valence-corrected chi connectivity index (χ1v) is 32.6. The summed E-state index contributed by atoms with van der Waals surface area (Å²) in [7, 11) is 5.89. The number of esters is 2. The fraction of sp³-hybridized carbons (Fsp3) is 0.539. The standard InChI is InChI=1S/C76H117NO8/c1-6-8-10-12-14-16-18-20-22-24-26-28-30-32-34-35-36-37-38-39-41-43-45-47-49-51-53-55-57-59-61-63-65-67-74(79)85-72(71-84-76(75(80)81)82-69-68-77(3,4)5)70-83-73(78)66-64-62-60-58-56-54-52-50-48-46-44-42-40-33-31-29-27-25-23-21-19-17-15-13-11-9-7-2/h8-11,14-17,20-23,26-29,32-34,36-37,39-41,44-47,50,52,56,58,72,76H,6-7,12-13,18-19,24-25,30-31,35,38,42-43,48-49,51,53-55,57,59-71H2,1-5H3/b10-8-,11-9-,16-14-,17-15-,22-20-,23-21-,28-26-,29-27-,34-32-,37-36-,40-33-,41-39-,46-44-,47-45-,52-50-,58-56-. The highest BCUT2D eigenvalue weighted by molar-refractivity contribution is 5.70. The van der Waals surface area contributed by atoms with Crippen LogP contribution in [0.2, 0.25) is 0 Å². The maximum atomic E-state index is 12.9. The van der Waals surface area contributed by atoms with Gasteiger partial charge in [0.2, 0.25) is 0 Å². The zero-order valence-electron chi connectivity index (χ0n) is 53.9. The van der Waals surface area contributed by atoms with Gasteiger partial charge in [-0.25, -0.2) is 0 Å². The molecule has 0 aromatic heterocycles. The molecule has 9 heteroatoms. The minimum absolute atomic E-state index is 0.127. The van der Waals surface area contributed by atoms with Crippen LogP contribution in [0.25, 0.3) is 0 Å². The van der Waals surface area contributed by atoms with Crippen molar-refractivity contribution >= 4 is 17.9 Å². The van der Waals surface area contributed by atoms with Gasteiger partial charge in [0.05, 0.1) is 40.3 Å². The molecular weight excluding hydrogens is 1050 g/mol. The maximum Gasteiger partial charge on any atom is 0.306 e. The summed E-state index contributed by atoms with van der Waals surface area (Å²) in [5, 5.41) is 11.8. The Hall–Kier alpha value is -5.87. The molecule has 2 atom stereocenters. The van der Waals surface area contributed by atoms with E-state index in [1.54, 1.807) is 0 Å². The highest BCUT2D eigenvalue weighted by Gasteiger charge is 2.22. The van der Waals surface area contributed by atoms with Crippen molar-refractivity contribution in [2.45, 2.75) is 219 Å². The largest absolute Gasteiger partial charge is 0.545 e. The van der Waals surface area contributed by atoms with E-state index in [1.165, 1.54) is 25.7 Å². The topological polar surface area (TPSA) is 111 Å². The van der Waals surface area contributed by atoms with E-state index in [0.717, 1.165) is 141 Å². The Balaban J connectivity index is 4.35. The quantitative estimate of drug-likeness (QED) is 0.0195. The predicted octanol–water partition coefficient (Wildman–Crippen LogP) is 18.9. The number of carboxylic acids is 1. The van der Waals surface area contributed by atoms with E-state index >= 15 is 0 Å². The molecule has 0 aromatic rings. The van der Waals surface area contributed by atoms with Crippen LogP contribution < -0.4 is 5.11 Å². The summed E-state index contributed by atoms with van der Waals surface area (Å²) in [6.07, 6.45) is 96.3. The Morgan fingerprint density at radius 1 is 0.353 bits per heavy atom. The molecule has 0 radical (unpaired) electrons. The maximum absolute atomic E-state index is 12.9. The summed E-state index contributed by atoms with van der Waals surface area (Å²) >= 11 is 0. The van der Waals surface area contributed by atoms with Crippen molar-refractivity contribution < 1.29 is 42.9 Å². The lowest BCUT2D eigenvalue weighted by Crippen LogP contribution is -2.44. The molecule has 85 heavy (non-hydrogen) atoms. The number of hydrogen-bond acceptors (Lipinski definition) is 8. The number of carboxylic acid groups (broad SMARTS) is 1. The van der Waals surface area contributed by atoms with Crippen LogP contribution in [-0.4, -0.2) is 82.3 Å². The lowest BCUT2D eigenvalue weighted by Gasteiger charge is -2.26. The van der Waals surface area contributed by atoms with Crippen LogP contribution in [0.5, 0.6) is 0 Å². The summed E-state index contributed by atoms with van der Waals surface area (Å²) in [6, 6.07) is 0. The molecule has 0 fully saturated rings. The smallest absolute Gasteiger partial charge is 0.306 e. The zero-order valence-corrected chi connectivity index (χ0v) is 53.9. The average molecular weight is 1170 g/mol. The van der Waals surface area contributed by atoms with Gasteiger partial charge in [0, 0.05) is 12.8 Å². The highest BCUT2D eigenvalue weighted by atomic mass is 16.7. The van der Waals surface area contributed by atoms with Gasteiger partial charge in [-0.05, 0) is 141 Å². The van der Waals surface area contributed by atoms with Gasteiger partial charge in [-0.2, -0.15) is 0 Å². The van der Waals surface area contributed by atoms with Gasteiger partial charge in [0.1, 0.15) is 13.2 Å². The molecule has 2 unspecified atom stereocenters. The first-order chi connectivity index (χ1) is 41.6. The molecular formula is C76H117NO8. The molecule has 0 spiro atoms. The minimum atomic E-state index is -1.65. The minimum Gasteiger partial charge on any atom is -0.545 e. The zero-order chi connectivity index (χ0) is 61.9. The molecule has 0 rings (SSSR count). The van der Waals surface area contributed by atoms with Crippen LogP contribution >= 0.6 is 0 Å². The molecule has 0 saturated heterocycles. The predicted molar refractivity (Wildman–Crippen MR) is 361 cm³/mol. The molecule has 0 aromatic carbocycles. The third kappa shape index (κ3) is 65.5. The lowest BCUT2D eigenvalue weighted by molar-refractivity contribution is -0.870. The lowest BCUT2D eigenvalue weighted by atomic mass is 10.1. The van der Waals surface area contributed by atoms with Gasteiger partial charge in [-0.3, -0.25) is 9.59 Å². The third-order valence-electron chi connectivity index (χ3n) is 12.8. The van der Waals surface area contributed by atoms with Gasteiger partial charge >= 0.3 is 11.9 Å². The molecule has 9 nitrogen and oxygen atoms in total. The number of rotatable bonds is 57. The third-order valence-corrected chi connectivity index (χ3v) is 12.8. The molecule has 0 heterocycles. The van der Waals surface area contributed by atoms with E-state index in [-0.39, 0.29) is 32.7 Å². The number of carbonyl (C=O) groups is 3. The van der Waals surface area contributed by atoms with E-state index < -0.39 is 30.3 Å². The summed E-state index contributed by atoms with van der Waals surface area (Å²) < 4.78 is 22.7. The van der Waals surface area contributed by atoms with Crippen molar-refractivity contribution in [2.75, 3.05) is 47.5 Å². The number of nitrogens with zero attached hydrogens (tertiary/aromatic N) is 1. The van der Waals surface area contributed by atoms with Crippen molar-refractivity contribution in [1.29, 1.82) is 0 Å². The van der Waals surface area contributed by atoms with Crippen LogP contribution in [0.3, 0.4) is 0 Å². The van der Waals surface area contributed by atoms with Gasteiger partial charge in [0.25, 0.3) is 0 Å². The fourth-order valence-electron chi connectivity index (χ4n) is 7.92. The number of allylic oxidation sites excluding steroid dienone is 32. The molecule has 0 amide bonds. The SMILES string of the molecule is CC/C=C\C/C=C\C/C=C\C/C=C\C/C=C\C/C=C\C/C=C\C/C=C\CCCCCCCCCCC(=O)OC(COC(=O)CCCC/C=C\C/C=C\C/C=C\C/C=C\C/C=C\C/C=C\C/C=C\C/C=C\CC)COC(OCC[N+](C)(C)C)C(=O)[O-]. The van der Waals surface area contributed by atoms with Gasteiger partial charge < -0.3 is 33.3 Å². The van der Waals surface area contributed by atoms with Crippen molar-refractivity contribution in [3.05, 3.63) is 194 Å². The first kappa shape index (κ1) is 79.1. The molecule has 0 aliphatic heterocycles. The Morgan fingerprint density at radius 3 is 0.965 bits per heavy atom. The van der Waals surface area contributed by atoms with E-state index in [1.807, 2.05) is 21.1 Å². The Kier molecular flexibility index (Phi) is 59.7. The highest BCUT2D eigenvalue weighted by Crippen LogP contribution is 2.13. The van der Waals surface area contributed by atoms with E-state index in [9.17, 15) is 19.5 Å². The molecule has 474 valence electrons. The number of aliphatic carboxylic acids is 1. The monoisotopic (exact) mass is 1170 g/mol. The van der Waals surface area contributed by atoms with Gasteiger partial charge in [-0.1, -0.05) is 247 Å². The summed E-state index contributed by atoms with van der Waals surface area (Å²) in [5.41, 5.74) is 0. The van der Waals surface area contributed by atoms with Crippen LogP contribution in [0.4, 0.5) is 0 Å².